The number of hydrogen-bond acceptors (Lipinski definition) is 3. The number of halogens is 1. The van der Waals surface area contributed by atoms with Crippen LogP contribution < -0.4 is 0 Å². The van der Waals surface area contributed by atoms with Crippen LogP contribution in [0.5, 0.6) is 0 Å². The van der Waals surface area contributed by atoms with Gasteiger partial charge in [-0.2, -0.15) is 0 Å². The van der Waals surface area contributed by atoms with Crippen molar-refractivity contribution in [2.75, 3.05) is 13.2 Å². The molecule has 0 aliphatic carbocycles. The third-order valence-electron chi connectivity index (χ3n) is 2.51. The molecule has 0 atom stereocenters. The van der Waals surface area contributed by atoms with E-state index in [4.69, 9.17) is 16.3 Å². The predicted molar refractivity (Wildman–Crippen MR) is 53.1 cm³/mol. The highest BCUT2D eigenvalue weighted by atomic mass is 35.5. The monoisotopic (exact) mass is 215 g/mol. The minimum absolute atomic E-state index is 0.438. The maximum atomic E-state index is 5.65. The topological polar surface area (TPSA) is 39.9 Å². The van der Waals surface area contributed by atoms with Crippen LogP contribution >= 0.6 is 11.6 Å². The Labute approximate surface area is 88.2 Å². The van der Waals surface area contributed by atoms with Crippen molar-refractivity contribution in [2.24, 2.45) is 5.92 Å². The normalized spacial score (nSPS) is 18.6. The Morgan fingerprint density at radius 1 is 1.50 bits per heavy atom. The van der Waals surface area contributed by atoms with E-state index in [-0.39, 0.29) is 0 Å². The van der Waals surface area contributed by atoms with Crippen LogP contribution in [0.2, 0.25) is 0 Å². The summed E-state index contributed by atoms with van der Waals surface area (Å²) >= 11 is 5.65. The molecule has 4 nitrogen and oxygen atoms in total. The average Bonchev–Trinajstić information content (AvgIpc) is 2.67. The number of rotatable bonds is 3. The highest BCUT2D eigenvalue weighted by molar-refractivity contribution is 6.16. The molecule has 0 bridgehead atoms. The molecule has 0 unspecified atom stereocenters. The Bertz CT molecular complexity index is 283. The first kappa shape index (κ1) is 9.93. The Kier molecular flexibility index (Phi) is 3.37. The van der Waals surface area contributed by atoms with Gasteiger partial charge in [0.25, 0.3) is 0 Å². The van der Waals surface area contributed by atoms with E-state index in [1.807, 2.05) is 10.9 Å². The van der Waals surface area contributed by atoms with Crippen LogP contribution in [0.4, 0.5) is 0 Å². The fraction of sp³-hybridized carbons (Fsp3) is 0.778. The maximum Gasteiger partial charge on any atom is 0.0974 e. The van der Waals surface area contributed by atoms with Gasteiger partial charge in [0.2, 0.25) is 0 Å². The van der Waals surface area contributed by atoms with E-state index in [0.717, 1.165) is 38.3 Å². The first-order valence-electron chi connectivity index (χ1n) is 4.91. The molecule has 5 heteroatoms. The van der Waals surface area contributed by atoms with Gasteiger partial charge in [0.1, 0.15) is 0 Å². The van der Waals surface area contributed by atoms with Crippen LogP contribution in [-0.4, -0.2) is 28.2 Å². The largest absolute Gasteiger partial charge is 0.381 e. The second-order valence-corrected chi connectivity index (χ2v) is 3.89. The number of nitrogens with zero attached hydrogens (tertiary/aromatic N) is 3. The summed E-state index contributed by atoms with van der Waals surface area (Å²) in [7, 11) is 0. The quantitative estimate of drug-likeness (QED) is 0.717. The molecule has 1 fully saturated rings. The zero-order valence-electron chi connectivity index (χ0n) is 8.03. The SMILES string of the molecule is ClCc1cn(CC2CCOCC2)nn1. The number of aromatic nitrogens is 3. The first-order chi connectivity index (χ1) is 6.88. The summed E-state index contributed by atoms with van der Waals surface area (Å²) in [5.41, 5.74) is 0.846. The highest BCUT2D eigenvalue weighted by Gasteiger charge is 2.14. The Hall–Kier alpha value is -0.610. The third-order valence-corrected chi connectivity index (χ3v) is 2.78. The van der Waals surface area contributed by atoms with Gasteiger partial charge in [-0.05, 0) is 18.8 Å². The summed E-state index contributed by atoms with van der Waals surface area (Å²) in [6, 6.07) is 0. The van der Waals surface area contributed by atoms with Crippen LogP contribution in [0.15, 0.2) is 6.20 Å². The molecule has 14 heavy (non-hydrogen) atoms. The second-order valence-electron chi connectivity index (χ2n) is 3.62. The van der Waals surface area contributed by atoms with Crippen molar-refractivity contribution in [3.05, 3.63) is 11.9 Å². The first-order valence-corrected chi connectivity index (χ1v) is 5.44. The van der Waals surface area contributed by atoms with Crippen LogP contribution in [0.1, 0.15) is 18.5 Å². The van der Waals surface area contributed by atoms with E-state index >= 15 is 0 Å². The van der Waals surface area contributed by atoms with E-state index in [9.17, 15) is 0 Å². The zero-order chi connectivity index (χ0) is 9.80. The van der Waals surface area contributed by atoms with Crippen LogP contribution in [-0.2, 0) is 17.2 Å². The van der Waals surface area contributed by atoms with Crippen molar-refractivity contribution < 1.29 is 4.74 Å². The standard InChI is InChI=1S/C9H14ClN3O/c10-5-9-7-13(12-11-9)6-8-1-3-14-4-2-8/h7-8H,1-6H2. The molecule has 1 aromatic heterocycles. The number of ether oxygens (including phenoxy) is 1. The van der Waals surface area contributed by atoms with Crippen LogP contribution in [0, 0.1) is 5.92 Å². The average molecular weight is 216 g/mol. The van der Waals surface area contributed by atoms with Gasteiger partial charge in [0.05, 0.1) is 11.6 Å². The van der Waals surface area contributed by atoms with E-state index in [1.54, 1.807) is 0 Å². The van der Waals surface area contributed by atoms with Crippen molar-refractivity contribution in [2.45, 2.75) is 25.3 Å². The van der Waals surface area contributed by atoms with Gasteiger partial charge in [-0.25, -0.2) is 0 Å². The molecule has 1 aromatic rings. The Morgan fingerprint density at radius 3 is 2.93 bits per heavy atom. The summed E-state index contributed by atoms with van der Waals surface area (Å²) in [5, 5.41) is 7.97. The molecule has 1 saturated heterocycles. The molecule has 1 aliphatic heterocycles. The van der Waals surface area contributed by atoms with Gasteiger partial charge >= 0.3 is 0 Å². The minimum atomic E-state index is 0.438. The van der Waals surface area contributed by atoms with Crippen LogP contribution in [0.3, 0.4) is 0 Å². The lowest BCUT2D eigenvalue weighted by molar-refractivity contribution is 0.0600. The fourth-order valence-corrected chi connectivity index (χ4v) is 1.80. The van der Waals surface area contributed by atoms with E-state index in [2.05, 4.69) is 10.3 Å². The maximum absolute atomic E-state index is 5.65. The van der Waals surface area contributed by atoms with Gasteiger partial charge in [-0.15, -0.1) is 16.7 Å². The van der Waals surface area contributed by atoms with E-state index in [0.29, 0.717) is 11.8 Å². The molecule has 2 rings (SSSR count). The molecule has 0 spiro atoms. The van der Waals surface area contributed by atoms with Crippen molar-refractivity contribution in [3.63, 3.8) is 0 Å². The third kappa shape index (κ3) is 2.45. The molecule has 0 amide bonds. The molecule has 2 heterocycles. The van der Waals surface area contributed by atoms with Gasteiger partial charge < -0.3 is 4.74 Å². The lowest BCUT2D eigenvalue weighted by atomic mass is 10.0. The smallest absolute Gasteiger partial charge is 0.0974 e. The van der Waals surface area contributed by atoms with Gasteiger partial charge in [-0.1, -0.05) is 5.21 Å². The van der Waals surface area contributed by atoms with E-state index in [1.165, 1.54) is 0 Å². The zero-order valence-corrected chi connectivity index (χ0v) is 8.78. The van der Waals surface area contributed by atoms with Gasteiger partial charge in [0, 0.05) is 26.0 Å². The molecule has 0 aromatic carbocycles. The molecule has 0 N–H and O–H groups in total. The van der Waals surface area contributed by atoms with Gasteiger partial charge in [0.15, 0.2) is 0 Å². The summed E-state index contributed by atoms with van der Waals surface area (Å²) in [6.45, 7) is 2.69. The lowest BCUT2D eigenvalue weighted by Crippen LogP contribution is -2.20. The van der Waals surface area contributed by atoms with Crippen molar-refractivity contribution >= 4 is 11.6 Å². The molecule has 0 radical (unpaired) electrons. The molecular weight excluding hydrogens is 202 g/mol. The Balaban J connectivity index is 1.89. The summed E-state index contributed by atoms with van der Waals surface area (Å²) in [5.74, 6) is 1.11. The summed E-state index contributed by atoms with van der Waals surface area (Å²) in [4.78, 5) is 0. The van der Waals surface area contributed by atoms with E-state index < -0.39 is 0 Å². The minimum Gasteiger partial charge on any atom is -0.381 e. The highest BCUT2D eigenvalue weighted by Crippen LogP contribution is 2.16. The number of hydrogen-bond donors (Lipinski definition) is 0. The summed E-state index contributed by atoms with van der Waals surface area (Å²) < 4.78 is 7.18. The fourth-order valence-electron chi connectivity index (χ4n) is 1.68. The molecular formula is C9H14ClN3O. The van der Waals surface area contributed by atoms with Crippen LogP contribution in [0.25, 0.3) is 0 Å². The van der Waals surface area contributed by atoms with Crippen molar-refractivity contribution in [1.82, 2.24) is 15.0 Å². The predicted octanol–water partition coefficient (Wildman–Crippen LogP) is 1.44. The summed E-state index contributed by atoms with van der Waals surface area (Å²) in [6.07, 6.45) is 4.16. The second kappa shape index (κ2) is 4.75. The van der Waals surface area contributed by atoms with Crippen molar-refractivity contribution in [1.29, 1.82) is 0 Å². The molecule has 78 valence electrons. The van der Waals surface area contributed by atoms with Gasteiger partial charge in [-0.3, -0.25) is 4.68 Å². The lowest BCUT2D eigenvalue weighted by Gasteiger charge is -2.21. The number of alkyl halides is 1. The van der Waals surface area contributed by atoms with Crippen molar-refractivity contribution in [3.8, 4) is 0 Å². The Morgan fingerprint density at radius 2 is 2.29 bits per heavy atom. The molecule has 0 saturated carbocycles. The molecule has 1 aliphatic rings.